The number of hydrogen-bond donors (Lipinski definition) is 2. The number of hydrogen-bond acceptors (Lipinski definition) is 3. The van der Waals surface area contributed by atoms with Crippen LogP contribution in [0.25, 0.3) is 11.3 Å². The smallest absolute Gasteiger partial charge is 0.271 e. The van der Waals surface area contributed by atoms with E-state index in [1.54, 1.807) is 0 Å². The molecule has 2 aliphatic rings. The molecule has 1 aliphatic carbocycles. The van der Waals surface area contributed by atoms with Crippen LogP contribution < -0.4 is 5.73 Å². The second-order valence-corrected chi connectivity index (χ2v) is 6.91. The molecule has 1 aromatic carbocycles. The zero-order chi connectivity index (χ0) is 16.0. The number of amides is 1. The monoisotopic (exact) mass is 310 g/mol. The molecular weight excluding hydrogens is 288 g/mol. The van der Waals surface area contributed by atoms with Crippen molar-refractivity contribution in [2.45, 2.75) is 25.8 Å². The Kier molecular flexibility index (Phi) is 3.45. The molecule has 120 valence electrons. The second kappa shape index (κ2) is 5.49. The van der Waals surface area contributed by atoms with E-state index in [9.17, 15) is 4.79 Å². The van der Waals surface area contributed by atoms with Crippen LogP contribution in [-0.2, 0) is 0 Å². The number of aromatic amines is 1. The molecule has 23 heavy (non-hydrogen) atoms. The lowest BCUT2D eigenvalue weighted by Gasteiger charge is -2.17. The standard InChI is InChI=1S/C18H22N4O/c1-11-2-4-12(5-3-11)16-8-17(21-20-16)18(23)22-9-13-6-7-15(19)14(13)10-22/h2-5,8,13-15H,6-7,9-10,19H2,1H3,(H,20,21). The van der Waals surface area contributed by atoms with E-state index in [-0.39, 0.29) is 11.9 Å². The van der Waals surface area contributed by atoms with E-state index in [0.29, 0.717) is 17.5 Å². The third-order valence-electron chi connectivity index (χ3n) is 5.36. The van der Waals surface area contributed by atoms with Gasteiger partial charge in [0.25, 0.3) is 5.91 Å². The van der Waals surface area contributed by atoms with Crippen molar-refractivity contribution in [2.24, 2.45) is 17.6 Å². The number of fused-ring (bicyclic) bond motifs is 1. The molecule has 5 heteroatoms. The zero-order valence-electron chi connectivity index (χ0n) is 13.3. The number of aryl methyl sites for hydroxylation is 1. The Morgan fingerprint density at radius 2 is 2.04 bits per heavy atom. The third kappa shape index (κ3) is 2.55. The van der Waals surface area contributed by atoms with E-state index in [1.807, 2.05) is 23.1 Å². The predicted octanol–water partition coefficient (Wildman–Crippen LogP) is 2.19. The van der Waals surface area contributed by atoms with E-state index >= 15 is 0 Å². The third-order valence-corrected chi connectivity index (χ3v) is 5.36. The average Bonchev–Trinajstić information content (AvgIpc) is 3.25. The van der Waals surface area contributed by atoms with Crippen LogP contribution in [0, 0.1) is 18.8 Å². The molecular formula is C18H22N4O. The van der Waals surface area contributed by atoms with Crippen molar-refractivity contribution in [3.8, 4) is 11.3 Å². The summed E-state index contributed by atoms with van der Waals surface area (Å²) < 4.78 is 0. The van der Waals surface area contributed by atoms with Crippen LogP contribution in [0.5, 0.6) is 0 Å². The molecule has 3 unspecified atom stereocenters. The topological polar surface area (TPSA) is 75.0 Å². The zero-order valence-corrected chi connectivity index (χ0v) is 13.3. The van der Waals surface area contributed by atoms with Crippen LogP contribution in [0.15, 0.2) is 30.3 Å². The van der Waals surface area contributed by atoms with Gasteiger partial charge in [-0.05, 0) is 37.7 Å². The SMILES string of the molecule is Cc1ccc(-c2cc(C(=O)N3CC4CCC(N)C4C3)[nH]n2)cc1. The van der Waals surface area contributed by atoms with E-state index in [4.69, 9.17) is 5.73 Å². The Morgan fingerprint density at radius 1 is 1.26 bits per heavy atom. The highest BCUT2D eigenvalue weighted by Gasteiger charge is 2.42. The quantitative estimate of drug-likeness (QED) is 0.893. The summed E-state index contributed by atoms with van der Waals surface area (Å²) in [7, 11) is 0. The number of H-pyrrole nitrogens is 1. The van der Waals surface area contributed by atoms with E-state index < -0.39 is 0 Å². The molecule has 2 aromatic rings. The lowest BCUT2D eigenvalue weighted by Crippen LogP contribution is -2.33. The van der Waals surface area contributed by atoms with E-state index in [2.05, 4.69) is 29.3 Å². The Labute approximate surface area is 135 Å². The van der Waals surface area contributed by atoms with Crippen LogP contribution in [0.4, 0.5) is 0 Å². The van der Waals surface area contributed by atoms with Crippen molar-refractivity contribution < 1.29 is 4.79 Å². The molecule has 0 radical (unpaired) electrons. The van der Waals surface area contributed by atoms with Gasteiger partial charge in [0, 0.05) is 24.7 Å². The first-order valence-corrected chi connectivity index (χ1v) is 8.29. The second-order valence-electron chi connectivity index (χ2n) is 6.91. The summed E-state index contributed by atoms with van der Waals surface area (Å²) in [6.07, 6.45) is 2.24. The Hall–Kier alpha value is -2.14. The molecule has 4 rings (SSSR count). The Morgan fingerprint density at radius 3 is 2.78 bits per heavy atom. The van der Waals surface area contributed by atoms with Crippen LogP contribution in [0.3, 0.4) is 0 Å². The van der Waals surface area contributed by atoms with Gasteiger partial charge in [-0.3, -0.25) is 9.89 Å². The number of carbonyl (C=O) groups excluding carboxylic acids is 1. The molecule has 1 aromatic heterocycles. The molecule has 0 spiro atoms. The highest BCUT2D eigenvalue weighted by Crippen LogP contribution is 2.37. The maximum atomic E-state index is 12.7. The summed E-state index contributed by atoms with van der Waals surface area (Å²) >= 11 is 0. The summed E-state index contributed by atoms with van der Waals surface area (Å²) in [6, 6.07) is 10.3. The van der Waals surface area contributed by atoms with E-state index in [0.717, 1.165) is 37.2 Å². The highest BCUT2D eigenvalue weighted by atomic mass is 16.2. The number of nitrogens with two attached hydrogens (primary N) is 1. The molecule has 2 heterocycles. The summed E-state index contributed by atoms with van der Waals surface area (Å²) in [4.78, 5) is 14.6. The van der Waals surface area contributed by atoms with Crippen molar-refractivity contribution in [2.75, 3.05) is 13.1 Å². The van der Waals surface area contributed by atoms with Gasteiger partial charge in [-0.1, -0.05) is 29.8 Å². The van der Waals surface area contributed by atoms with Crippen LogP contribution in [0.1, 0.15) is 28.9 Å². The molecule has 3 atom stereocenters. The maximum absolute atomic E-state index is 12.7. The molecule has 2 fully saturated rings. The molecule has 1 saturated heterocycles. The van der Waals surface area contributed by atoms with Crippen molar-refractivity contribution in [3.05, 3.63) is 41.6 Å². The van der Waals surface area contributed by atoms with Gasteiger partial charge in [0.2, 0.25) is 0 Å². The minimum absolute atomic E-state index is 0.0393. The van der Waals surface area contributed by atoms with Gasteiger partial charge in [-0.15, -0.1) is 0 Å². The fourth-order valence-electron chi connectivity index (χ4n) is 3.95. The Balaban J connectivity index is 1.51. The van der Waals surface area contributed by atoms with Gasteiger partial charge in [0.1, 0.15) is 5.69 Å². The normalized spacial score (nSPS) is 26.5. The first-order chi connectivity index (χ1) is 11.1. The van der Waals surface area contributed by atoms with Crippen molar-refractivity contribution in [3.63, 3.8) is 0 Å². The maximum Gasteiger partial charge on any atom is 0.271 e. The highest BCUT2D eigenvalue weighted by molar-refractivity contribution is 5.93. The predicted molar refractivity (Wildman–Crippen MR) is 88.9 cm³/mol. The molecule has 1 amide bonds. The van der Waals surface area contributed by atoms with Crippen molar-refractivity contribution >= 4 is 5.91 Å². The van der Waals surface area contributed by atoms with Gasteiger partial charge < -0.3 is 10.6 Å². The summed E-state index contributed by atoms with van der Waals surface area (Å²) in [5.41, 5.74) is 9.76. The van der Waals surface area contributed by atoms with Gasteiger partial charge in [-0.2, -0.15) is 5.10 Å². The largest absolute Gasteiger partial charge is 0.337 e. The minimum atomic E-state index is 0.0393. The van der Waals surface area contributed by atoms with Crippen LogP contribution in [0.2, 0.25) is 0 Å². The number of nitrogens with zero attached hydrogens (tertiary/aromatic N) is 2. The summed E-state index contributed by atoms with van der Waals surface area (Å²) in [6.45, 7) is 3.66. The van der Waals surface area contributed by atoms with Crippen LogP contribution in [-0.4, -0.2) is 40.1 Å². The molecule has 3 N–H and O–H groups in total. The fourth-order valence-corrected chi connectivity index (χ4v) is 3.95. The number of nitrogens with one attached hydrogen (secondary N) is 1. The van der Waals surface area contributed by atoms with E-state index in [1.165, 1.54) is 5.56 Å². The molecule has 0 bridgehead atoms. The summed E-state index contributed by atoms with van der Waals surface area (Å²) in [5, 5.41) is 7.20. The number of benzene rings is 1. The Bertz CT molecular complexity index is 721. The number of likely N-dealkylation sites (tertiary alicyclic amines) is 1. The molecule has 5 nitrogen and oxygen atoms in total. The number of aromatic nitrogens is 2. The first kappa shape index (κ1) is 14.5. The molecule has 1 aliphatic heterocycles. The van der Waals surface area contributed by atoms with Gasteiger partial charge >= 0.3 is 0 Å². The lowest BCUT2D eigenvalue weighted by atomic mass is 9.98. The fraction of sp³-hybridized carbons (Fsp3) is 0.444. The van der Waals surface area contributed by atoms with Gasteiger partial charge in [0.05, 0.1) is 5.69 Å². The summed E-state index contributed by atoms with van der Waals surface area (Å²) in [5.74, 6) is 1.09. The van der Waals surface area contributed by atoms with Crippen molar-refractivity contribution in [1.82, 2.24) is 15.1 Å². The lowest BCUT2D eigenvalue weighted by molar-refractivity contribution is 0.0773. The number of rotatable bonds is 2. The number of carbonyl (C=O) groups is 1. The average molecular weight is 310 g/mol. The first-order valence-electron chi connectivity index (χ1n) is 8.29. The molecule has 1 saturated carbocycles. The van der Waals surface area contributed by atoms with Gasteiger partial charge in [0.15, 0.2) is 0 Å². The van der Waals surface area contributed by atoms with Gasteiger partial charge in [-0.25, -0.2) is 0 Å². The van der Waals surface area contributed by atoms with Crippen LogP contribution >= 0.6 is 0 Å². The minimum Gasteiger partial charge on any atom is -0.337 e. The van der Waals surface area contributed by atoms with Crippen molar-refractivity contribution in [1.29, 1.82) is 0 Å².